The van der Waals surface area contributed by atoms with Crippen LogP contribution in [0.5, 0.6) is 11.5 Å². The maximum Gasteiger partial charge on any atom is 0.573 e. The van der Waals surface area contributed by atoms with Crippen LogP contribution in [0.15, 0.2) is 24.3 Å². The first-order chi connectivity index (χ1) is 8.53. The van der Waals surface area contributed by atoms with Crippen LogP contribution in [0.2, 0.25) is 0 Å². The van der Waals surface area contributed by atoms with Crippen molar-refractivity contribution in [3.8, 4) is 11.5 Å². The minimum atomic E-state index is -4.68. The number of benzene rings is 1. The molecule has 0 radical (unpaired) electrons. The molecular formula is C12H14F3NO2. The zero-order valence-electron chi connectivity index (χ0n) is 9.67. The lowest BCUT2D eigenvalue weighted by Gasteiger charge is -2.24. The van der Waals surface area contributed by atoms with Crippen LogP contribution < -0.4 is 14.8 Å². The van der Waals surface area contributed by atoms with Crippen LogP contribution in [-0.2, 0) is 0 Å². The third-order valence-electron chi connectivity index (χ3n) is 2.59. The largest absolute Gasteiger partial charge is 0.573 e. The first-order valence-electron chi connectivity index (χ1n) is 5.76. The highest BCUT2D eigenvalue weighted by atomic mass is 19.4. The maximum atomic E-state index is 12.1. The van der Waals surface area contributed by atoms with Gasteiger partial charge in [0.05, 0.1) is 0 Å². The van der Waals surface area contributed by atoms with E-state index < -0.39 is 6.36 Å². The Labute approximate surface area is 103 Å². The van der Waals surface area contributed by atoms with Crippen molar-refractivity contribution in [1.29, 1.82) is 0 Å². The van der Waals surface area contributed by atoms with Gasteiger partial charge in [-0.25, -0.2) is 0 Å². The van der Waals surface area contributed by atoms with Crippen LogP contribution in [0.3, 0.4) is 0 Å². The summed E-state index contributed by atoms with van der Waals surface area (Å²) in [6.45, 7) is 1.67. The number of rotatable bonds is 3. The summed E-state index contributed by atoms with van der Waals surface area (Å²) >= 11 is 0. The number of halogens is 3. The Morgan fingerprint density at radius 2 is 2.00 bits per heavy atom. The van der Waals surface area contributed by atoms with Gasteiger partial charge in [-0.15, -0.1) is 13.2 Å². The van der Waals surface area contributed by atoms with E-state index in [1.165, 1.54) is 18.2 Å². The average molecular weight is 261 g/mol. The lowest BCUT2D eigenvalue weighted by Crippen LogP contribution is -2.37. The van der Waals surface area contributed by atoms with Crippen molar-refractivity contribution in [3.05, 3.63) is 24.3 Å². The molecule has 0 spiro atoms. The normalized spacial score (nSPS) is 20.5. The van der Waals surface area contributed by atoms with Gasteiger partial charge < -0.3 is 14.8 Å². The van der Waals surface area contributed by atoms with Crippen molar-refractivity contribution in [3.63, 3.8) is 0 Å². The second-order valence-electron chi connectivity index (χ2n) is 4.11. The lowest BCUT2D eigenvalue weighted by molar-refractivity contribution is -0.274. The molecular weight excluding hydrogens is 247 g/mol. The summed E-state index contributed by atoms with van der Waals surface area (Å²) in [7, 11) is 0. The first kappa shape index (κ1) is 13.0. The molecule has 1 aromatic rings. The second-order valence-corrected chi connectivity index (χ2v) is 4.11. The number of hydrogen-bond donors (Lipinski definition) is 1. The van der Waals surface area contributed by atoms with Crippen molar-refractivity contribution >= 4 is 0 Å². The summed E-state index contributed by atoms with van der Waals surface area (Å²) in [5.41, 5.74) is 0. The van der Waals surface area contributed by atoms with Crippen LogP contribution in [-0.4, -0.2) is 25.6 Å². The fourth-order valence-electron chi connectivity index (χ4n) is 1.86. The molecule has 18 heavy (non-hydrogen) atoms. The fraction of sp³-hybridized carbons (Fsp3) is 0.500. The Morgan fingerprint density at radius 3 is 2.67 bits per heavy atom. The van der Waals surface area contributed by atoms with Crippen LogP contribution >= 0.6 is 0 Å². The topological polar surface area (TPSA) is 30.5 Å². The molecule has 1 N–H and O–H groups in total. The first-order valence-corrected chi connectivity index (χ1v) is 5.76. The summed E-state index contributed by atoms with van der Waals surface area (Å²) in [5.74, 6) is 0.134. The molecule has 0 aromatic heterocycles. The van der Waals surface area contributed by atoms with E-state index in [0.717, 1.165) is 19.4 Å². The van der Waals surface area contributed by atoms with Crippen molar-refractivity contribution in [2.75, 3.05) is 13.1 Å². The molecule has 1 saturated heterocycles. The molecule has 0 saturated carbocycles. The molecule has 3 nitrogen and oxygen atoms in total. The van der Waals surface area contributed by atoms with Gasteiger partial charge in [-0.2, -0.15) is 0 Å². The molecule has 1 aliphatic rings. The van der Waals surface area contributed by atoms with E-state index in [9.17, 15) is 13.2 Å². The zero-order valence-corrected chi connectivity index (χ0v) is 9.67. The molecule has 100 valence electrons. The third-order valence-corrected chi connectivity index (χ3v) is 2.59. The molecule has 6 heteroatoms. The minimum absolute atomic E-state index is 0.000105. The van der Waals surface area contributed by atoms with Gasteiger partial charge in [-0.1, -0.05) is 6.07 Å². The minimum Gasteiger partial charge on any atom is -0.489 e. The van der Waals surface area contributed by atoms with Crippen molar-refractivity contribution < 1.29 is 22.6 Å². The van der Waals surface area contributed by atoms with Gasteiger partial charge in [-0.05, 0) is 31.5 Å². The Bertz CT molecular complexity index is 389. The Kier molecular flexibility index (Phi) is 3.96. The van der Waals surface area contributed by atoms with E-state index in [1.807, 2.05) is 0 Å². The van der Waals surface area contributed by atoms with Crippen LogP contribution in [0.25, 0.3) is 0 Å². The van der Waals surface area contributed by atoms with Crippen LogP contribution in [0.4, 0.5) is 13.2 Å². The summed E-state index contributed by atoms with van der Waals surface area (Å²) in [6, 6.07) is 5.60. The Hall–Kier alpha value is -1.43. The number of nitrogens with one attached hydrogen (secondary N) is 1. The van der Waals surface area contributed by atoms with E-state index in [1.54, 1.807) is 6.07 Å². The summed E-state index contributed by atoms with van der Waals surface area (Å²) in [4.78, 5) is 0. The van der Waals surface area contributed by atoms with Crippen molar-refractivity contribution in [2.24, 2.45) is 0 Å². The average Bonchev–Trinajstić information content (AvgIpc) is 2.28. The zero-order chi connectivity index (χ0) is 13.0. The second kappa shape index (κ2) is 5.48. The van der Waals surface area contributed by atoms with E-state index in [2.05, 4.69) is 10.1 Å². The van der Waals surface area contributed by atoms with Gasteiger partial charge in [0.1, 0.15) is 17.6 Å². The Balaban J connectivity index is 1.98. The Morgan fingerprint density at radius 1 is 1.22 bits per heavy atom. The summed E-state index contributed by atoms with van der Waals surface area (Å²) < 4.78 is 45.6. The third kappa shape index (κ3) is 4.10. The lowest BCUT2D eigenvalue weighted by atomic mass is 10.1. The number of hydrogen-bond acceptors (Lipinski definition) is 3. The van der Waals surface area contributed by atoms with E-state index in [-0.39, 0.29) is 11.9 Å². The quantitative estimate of drug-likeness (QED) is 0.907. The molecule has 0 bridgehead atoms. The van der Waals surface area contributed by atoms with Crippen LogP contribution in [0.1, 0.15) is 12.8 Å². The van der Waals surface area contributed by atoms with Crippen molar-refractivity contribution in [2.45, 2.75) is 25.3 Å². The fourth-order valence-corrected chi connectivity index (χ4v) is 1.86. The predicted molar refractivity (Wildman–Crippen MR) is 59.6 cm³/mol. The highest BCUT2D eigenvalue weighted by Crippen LogP contribution is 2.26. The molecule has 0 unspecified atom stereocenters. The van der Waals surface area contributed by atoms with Gasteiger partial charge >= 0.3 is 6.36 Å². The van der Waals surface area contributed by atoms with E-state index in [4.69, 9.17) is 4.74 Å². The highest BCUT2D eigenvalue weighted by Gasteiger charge is 2.31. The number of piperidine rings is 1. The molecule has 1 heterocycles. The molecule has 1 atom stereocenters. The summed E-state index contributed by atoms with van der Waals surface area (Å²) in [6.07, 6.45) is -2.77. The van der Waals surface area contributed by atoms with Gasteiger partial charge in [0.25, 0.3) is 0 Å². The number of alkyl halides is 3. The van der Waals surface area contributed by atoms with E-state index in [0.29, 0.717) is 12.3 Å². The van der Waals surface area contributed by atoms with Gasteiger partial charge in [0.15, 0.2) is 0 Å². The van der Waals surface area contributed by atoms with Gasteiger partial charge in [-0.3, -0.25) is 0 Å². The molecule has 0 aliphatic carbocycles. The maximum absolute atomic E-state index is 12.1. The van der Waals surface area contributed by atoms with Crippen molar-refractivity contribution in [1.82, 2.24) is 5.32 Å². The molecule has 1 aliphatic heterocycles. The highest BCUT2D eigenvalue weighted by molar-refractivity contribution is 5.33. The SMILES string of the molecule is FC(F)(F)Oc1cccc(O[C@H]2CCCNC2)c1. The molecule has 1 fully saturated rings. The summed E-state index contributed by atoms with van der Waals surface area (Å²) in [5, 5.41) is 3.17. The monoisotopic (exact) mass is 261 g/mol. The predicted octanol–water partition coefficient (Wildman–Crippen LogP) is 2.72. The van der Waals surface area contributed by atoms with Crippen LogP contribution in [0, 0.1) is 0 Å². The van der Waals surface area contributed by atoms with E-state index >= 15 is 0 Å². The number of ether oxygens (including phenoxy) is 2. The van der Waals surface area contributed by atoms with Gasteiger partial charge in [0, 0.05) is 12.6 Å². The molecule has 0 amide bonds. The standard InChI is InChI=1S/C12H14F3NO2/c13-12(14,15)18-10-4-1-3-9(7-10)17-11-5-2-6-16-8-11/h1,3-4,7,11,16H,2,5-6,8H2/t11-/m0/s1. The molecule has 1 aromatic carbocycles. The van der Waals surface area contributed by atoms with Gasteiger partial charge in [0.2, 0.25) is 0 Å². The smallest absolute Gasteiger partial charge is 0.489 e. The molecule has 2 rings (SSSR count).